The predicted octanol–water partition coefficient (Wildman–Crippen LogP) is -3.74. The third-order valence-electron chi connectivity index (χ3n) is 7.81. The minimum atomic E-state index is -4.02. The smallest absolute Gasteiger partial charge is 0.304 e. The Bertz CT molecular complexity index is 1260. The Hall–Kier alpha value is -2.59. The molecule has 2 heterocycles. The van der Waals surface area contributed by atoms with Gasteiger partial charge in [0.05, 0.1) is 6.61 Å². The molecule has 18 nitrogen and oxygen atoms in total. The second kappa shape index (κ2) is 12.9. The largest absolute Gasteiger partial charge is 0.444 e. The number of rotatable bonds is 11. The number of aliphatic hydroxyl groups excluding tert-OH is 4. The van der Waals surface area contributed by atoms with Crippen molar-refractivity contribution >= 4 is 56.8 Å². The van der Waals surface area contributed by atoms with Crippen LogP contribution in [0.5, 0.6) is 0 Å². The van der Waals surface area contributed by atoms with Gasteiger partial charge in [0.1, 0.15) is 24.4 Å². The van der Waals surface area contributed by atoms with Crippen molar-refractivity contribution in [2.24, 2.45) is 0 Å². The van der Waals surface area contributed by atoms with Crippen molar-refractivity contribution < 1.29 is 87.9 Å². The van der Waals surface area contributed by atoms with Gasteiger partial charge < -0.3 is 54.3 Å². The summed E-state index contributed by atoms with van der Waals surface area (Å²) in [5.41, 5.74) is -15.6. The Morgan fingerprint density at radius 2 is 1.31 bits per heavy atom. The van der Waals surface area contributed by atoms with Crippen LogP contribution in [-0.4, -0.2) is 142 Å². The molecule has 0 radical (unpaired) electrons. The van der Waals surface area contributed by atoms with Crippen molar-refractivity contribution in [1.82, 2.24) is 0 Å². The highest BCUT2D eigenvalue weighted by Gasteiger charge is 2.91. The third-order valence-corrected chi connectivity index (χ3v) is 8.76. The van der Waals surface area contributed by atoms with Crippen LogP contribution >= 0.6 is 15.9 Å². The molecule has 254 valence electrons. The molecule has 2 fully saturated rings. The van der Waals surface area contributed by atoms with Gasteiger partial charge in [0.25, 0.3) is 5.60 Å². The first kappa shape index (κ1) is 38.6. The van der Waals surface area contributed by atoms with E-state index in [2.05, 4.69) is 15.9 Å². The third kappa shape index (κ3) is 5.28. The van der Waals surface area contributed by atoms with Crippen LogP contribution < -0.4 is 0 Å². The van der Waals surface area contributed by atoms with E-state index >= 15 is 0 Å². The molecule has 0 aromatic carbocycles. The standard InChI is InChI=1S/C26H35BrO18/c1-9(29)22(10(2)30,43-14(6)34)24(12(4)32)25(13(5)33,44-15(7)35)23(39,11(3)31)26(27,40)21(45-24)42-19-16(8-28)41-20(38)18(37)17(19)36/h16-21,28,36-40H,8H2,1-7H3/t16-,17-,18-,19-,20-,21-,23+,24-,25+,26+/m1/s1. The Morgan fingerprint density at radius 3 is 1.67 bits per heavy atom. The minimum absolute atomic E-state index is 0.527. The van der Waals surface area contributed by atoms with Gasteiger partial charge in [-0.1, -0.05) is 0 Å². The zero-order valence-electron chi connectivity index (χ0n) is 25.1. The SMILES string of the molecule is CC(=O)OC(C(C)=O)(C(C)=O)[C@@]1(C(C)=O)O[C@@H](O[C@H]2[C@H](O)[C@@H](O)[C@H](O)O[C@@H]2CO)[C@@](O)(Br)[C@](O)(C(C)=O)[C@@]1(OC(C)=O)C(C)=O. The van der Waals surface area contributed by atoms with Crippen LogP contribution in [0.4, 0.5) is 0 Å². The Labute approximate surface area is 263 Å². The van der Waals surface area contributed by atoms with Gasteiger partial charge in [-0.15, -0.1) is 0 Å². The molecule has 19 heteroatoms. The van der Waals surface area contributed by atoms with Crippen molar-refractivity contribution in [2.75, 3.05) is 6.61 Å². The van der Waals surface area contributed by atoms with Crippen molar-refractivity contribution in [3.05, 3.63) is 0 Å². The van der Waals surface area contributed by atoms with Crippen LogP contribution in [-0.2, 0) is 57.2 Å². The van der Waals surface area contributed by atoms with Gasteiger partial charge in [-0.05, 0) is 50.5 Å². The summed E-state index contributed by atoms with van der Waals surface area (Å²) in [4.78, 5) is 93.3. The van der Waals surface area contributed by atoms with Crippen molar-refractivity contribution in [2.45, 2.75) is 112 Å². The molecule has 0 amide bonds. The van der Waals surface area contributed by atoms with Crippen LogP contribution in [0.15, 0.2) is 0 Å². The van der Waals surface area contributed by atoms with E-state index in [1.165, 1.54) is 0 Å². The topological polar surface area (TPSA) is 287 Å². The van der Waals surface area contributed by atoms with E-state index in [4.69, 9.17) is 23.7 Å². The van der Waals surface area contributed by atoms with Crippen LogP contribution in [0.3, 0.4) is 0 Å². The number of halogens is 1. The lowest BCUT2D eigenvalue weighted by atomic mass is 9.54. The monoisotopic (exact) mass is 714 g/mol. The summed E-state index contributed by atoms with van der Waals surface area (Å²) in [5.74, 6) is -11.3. The first-order valence-electron chi connectivity index (χ1n) is 13.1. The summed E-state index contributed by atoms with van der Waals surface area (Å²) in [6, 6.07) is 0. The van der Waals surface area contributed by atoms with Gasteiger partial charge in [0, 0.05) is 13.8 Å². The Balaban J connectivity index is 3.29. The fourth-order valence-electron chi connectivity index (χ4n) is 6.00. The van der Waals surface area contributed by atoms with Gasteiger partial charge >= 0.3 is 11.9 Å². The molecule has 0 unspecified atom stereocenters. The van der Waals surface area contributed by atoms with E-state index in [9.17, 15) is 64.2 Å². The highest BCUT2D eigenvalue weighted by Crippen LogP contribution is 2.60. The van der Waals surface area contributed by atoms with Crippen LogP contribution in [0.2, 0.25) is 0 Å². The second-order valence-corrected chi connectivity index (χ2v) is 11.9. The summed E-state index contributed by atoms with van der Waals surface area (Å²) in [7, 11) is 0. The van der Waals surface area contributed by atoms with Crippen molar-refractivity contribution in [3.8, 4) is 0 Å². The Morgan fingerprint density at radius 1 is 0.800 bits per heavy atom. The Kier molecular flexibility index (Phi) is 11.1. The van der Waals surface area contributed by atoms with E-state index in [1.54, 1.807) is 0 Å². The van der Waals surface area contributed by atoms with E-state index in [1.807, 2.05) is 0 Å². The average Bonchev–Trinajstić information content (AvgIpc) is 2.90. The lowest BCUT2D eigenvalue weighted by molar-refractivity contribution is -0.407. The number of carbonyl (C=O) groups excluding carboxylic acids is 7. The number of carbonyl (C=O) groups is 7. The highest BCUT2D eigenvalue weighted by atomic mass is 79.9. The first-order valence-corrected chi connectivity index (χ1v) is 13.9. The number of aliphatic hydroxyl groups is 6. The second-order valence-electron chi connectivity index (χ2n) is 10.7. The molecule has 2 aliphatic rings. The number of Topliss-reactive ketones (excluding diaryl/α,β-unsaturated/α-hetero) is 5. The maximum Gasteiger partial charge on any atom is 0.304 e. The molecule has 0 aromatic heterocycles. The molecule has 2 rings (SSSR count). The fraction of sp³-hybridized carbons (Fsp3) is 0.731. The molecule has 0 spiro atoms. The van der Waals surface area contributed by atoms with Gasteiger partial charge in [0.15, 0.2) is 35.2 Å². The van der Waals surface area contributed by atoms with E-state index in [0.29, 0.717) is 48.5 Å². The summed E-state index contributed by atoms with van der Waals surface area (Å²) in [6.07, 6.45) is -13.2. The fourth-order valence-corrected chi connectivity index (χ4v) is 6.76. The minimum Gasteiger partial charge on any atom is -0.444 e. The number of esters is 2. The first-order chi connectivity index (χ1) is 20.4. The molecule has 45 heavy (non-hydrogen) atoms. The zero-order valence-corrected chi connectivity index (χ0v) is 26.7. The number of hydrogen-bond acceptors (Lipinski definition) is 18. The van der Waals surface area contributed by atoms with E-state index in [-0.39, 0.29) is 0 Å². The molecule has 0 aromatic rings. The lowest BCUT2D eigenvalue weighted by Crippen LogP contribution is -2.94. The number of hydrogen-bond donors (Lipinski definition) is 6. The maximum atomic E-state index is 14.0. The highest BCUT2D eigenvalue weighted by molar-refractivity contribution is 9.10. The van der Waals surface area contributed by atoms with E-state index < -0.39 is 111 Å². The van der Waals surface area contributed by atoms with Gasteiger partial charge in [-0.3, -0.25) is 33.6 Å². The molecular formula is C26H35BrO18. The quantitative estimate of drug-likeness (QED) is 0.0681. The molecule has 10 atom stereocenters. The van der Waals surface area contributed by atoms with Crippen LogP contribution in [0.1, 0.15) is 48.5 Å². The van der Waals surface area contributed by atoms with Crippen LogP contribution in [0.25, 0.3) is 0 Å². The van der Waals surface area contributed by atoms with E-state index in [0.717, 1.165) is 0 Å². The summed E-state index contributed by atoms with van der Waals surface area (Å²) < 4.78 is 23.1. The molecule has 2 saturated heterocycles. The molecule has 0 bridgehead atoms. The van der Waals surface area contributed by atoms with Gasteiger partial charge in [-0.25, -0.2) is 0 Å². The summed E-state index contributed by atoms with van der Waals surface area (Å²) in [5, 5.41) is 64.7. The molecule has 0 aliphatic carbocycles. The molecule has 2 aliphatic heterocycles. The summed E-state index contributed by atoms with van der Waals surface area (Å²) in [6.45, 7) is 2.99. The number of ether oxygens (including phenoxy) is 5. The molecule has 0 saturated carbocycles. The zero-order chi connectivity index (χ0) is 35.2. The number of ketones is 5. The normalized spacial score (nSPS) is 38.5. The van der Waals surface area contributed by atoms with Crippen molar-refractivity contribution in [3.63, 3.8) is 0 Å². The lowest BCUT2D eigenvalue weighted by Gasteiger charge is -2.64. The average molecular weight is 715 g/mol. The molecular weight excluding hydrogens is 680 g/mol. The van der Waals surface area contributed by atoms with Crippen molar-refractivity contribution in [1.29, 1.82) is 0 Å². The molecule has 6 N–H and O–H groups in total. The predicted molar refractivity (Wildman–Crippen MR) is 144 cm³/mol. The summed E-state index contributed by atoms with van der Waals surface area (Å²) >= 11 is 2.63. The number of alkyl halides is 1. The maximum absolute atomic E-state index is 14.0. The van der Waals surface area contributed by atoms with Crippen LogP contribution in [0, 0.1) is 0 Å². The van der Waals surface area contributed by atoms with Gasteiger partial charge in [0.2, 0.25) is 27.6 Å². The van der Waals surface area contributed by atoms with Gasteiger partial charge in [-0.2, -0.15) is 0 Å².